The van der Waals surface area contributed by atoms with Crippen LogP contribution in [0, 0.1) is 5.92 Å². The molecule has 1 aliphatic rings. The van der Waals surface area contributed by atoms with Crippen molar-refractivity contribution in [2.24, 2.45) is 11.7 Å². The van der Waals surface area contributed by atoms with Crippen molar-refractivity contribution in [1.29, 1.82) is 0 Å². The number of carbonyl (C=O) groups is 1. The third-order valence-corrected chi connectivity index (χ3v) is 4.20. The fourth-order valence-corrected chi connectivity index (χ4v) is 3.04. The molecule has 0 aliphatic carbocycles. The highest BCUT2D eigenvalue weighted by Crippen LogP contribution is 2.35. The molecule has 0 bridgehead atoms. The van der Waals surface area contributed by atoms with Gasteiger partial charge in [0.25, 0.3) is 0 Å². The number of hydrogen-bond acceptors (Lipinski definition) is 3. The Morgan fingerprint density at radius 2 is 2.35 bits per heavy atom. The molecule has 92 valence electrons. The minimum absolute atomic E-state index is 0.0548. The number of benzene rings is 1. The van der Waals surface area contributed by atoms with E-state index in [0.717, 1.165) is 12.2 Å². The van der Waals surface area contributed by atoms with Crippen molar-refractivity contribution in [3.8, 4) is 0 Å². The van der Waals surface area contributed by atoms with Gasteiger partial charge in [0.1, 0.15) is 0 Å². The molecule has 0 fully saturated rings. The van der Waals surface area contributed by atoms with Crippen LogP contribution in [-0.2, 0) is 4.79 Å². The van der Waals surface area contributed by atoms with Gasteiger partial charge in [-0.15, -0.1) is 11.8 Å². The number of fused-ring (bicyclic) bond motifs is 1. The van der Waals surface area contributed by atoms with Crippen LogP contribution < -0.4 is 11.1 Å². The van der Waals surface area contributed by atoms with Crippen molar-refractivity contribution in [1.82, 2.24) is 5.32 Å². The van der Waals surface area contributed by atoms with Gasteiger partial charge < -0.3 is 11.1 Å². The van der Waals surface area contributed by atoms with Gasteiger partial charge in [0, 0.05) is 23.1 Å². The van der Waals surface area contributed by atoms with Crippen LogP contribution in [0.2, 0.25) is 0 Å². The molecule has 1 aromatic carbocycles. The van der Waals surface area contributed by atoms with Gasteiger partial charge in [0.15, 0.2) is 0 Å². The summed E-state index contributed by atoms with van der Waals surface area (Å²) >= 11 is 1.86. The summed E-state index contributed by atoms with van der Waals surface area (Å²) in [6.07, 6.45) is 0.991. The van der Waals surface area contributed by atoms with Gasteiger partial charge in [-0.25, -0.2) is 0 Å². The summed E-state index contributed by atoms with van der Waals surface area (Å²) in [6.45, 7) is 2.26. The van der Waals surface area contributed by atoms with Crippen LogP contribution >= 0.6 is 11.8 Å². The maximum Gasteiger partial charge on any atom is 0.224 e. The van der Waals surface area contributed by atoms with Gasteiger partial charge in [0.2, 0.25) is 5.91 Å². The average Bonchev–Trinajstić information content (AvgIpc) is 2.38. The molecular weight excluding hydrogens is 232 g/mol. The summed E-state index contributed by atoms with van der Waals surface area (Å²) in [5.74, 6) is 0.995. The van der Waals surface area contributed by atoms with Crippen LogP contribution in [0.5, 0.6) is 0 Å². The van der Waals surface area contributed by atoms with E-state index in [1.54, 1.807) is 0 Å². The standard InChI is InChI=1S/C13H18N2OS/c1-9(8-14)13(16)15-11-6-7-17-12-5-3-2-4-10(11)12/h2-5,9,11H,6-8,14H2,1H3,(H,15,16). The summed E-state index contributed by atoms with van der Waals surface area (Å²) in [7, 11) is 0. The highest BCUT2D eigenvalue weighted by molar-refractivity contribution is 7.99. The smallest absolute Gasteiger partial charge is 0.224 e. The molecule has 1 heterocycles. The molecule has 0 saturated carbocycles. The van der Waals surface area contributed by atoms with E-state index in [0.29, 0.717) is 6.54 Å². The summed E-state index contributed by atoms with van der Waals surface area (Å²) in [4.78, 5) is 13.1. The minimum Gasteiger partial charge on any atom is -0.349 e. The van der Waals surface area contributed by atoms with E-state index in [-0.39, 0.29) is 17.9 Å². The summed E-state index contributed by atoms with van der Waals surface area (Å²) < 4.78 is 0. The lowest BCUT2D eigenvalue weighted by Gasteiger charge is -2.26. The van der Waals surface area contributed by atoms with Crippen LogP contribution in [0.3, 0.4) is 0 Å². The first kappa shape index (κ1) is 12.5. The number of rotatable bonds is 3. The quantitative estimate of drug-likeness (QED) is 0.862. The largest absolute Gasteiger partial charge is 0.349 e. The Morgan fingerprint density at radius 1 is 1.59 bits per heavy atom. The van der Waals surface area contributed by atoms with E-state index in [9.17, 15) is 4.79 Å². The normalized spacial score (nSPS) is 20.5. The average molecular weight is 250 g/mol. The van der Waals surface area contributed by atoms with Crippen molar-refractivity contribution >= 4 is 17.7 Å². The summed E-state index contributed by atoms with van der Waals surface area (Å²) in [5.41, 5.74) is 6.75. The van der Waals surface area contributed by atoms with Gasteiger partial charge in [-0.2, -0.15) is 0 Å². The number of nitrogens with two attached hydrogens (primary N) is 1. The van der Waals surface area contributed by atoms with E-state index in [2.05, 4.69) is 17.4 Å². The van der Waals surface area contributed by atoms with Gasteiger partial charge in [-0.1, -0.05) is 25.1 Å². The molecule has 1 aromatic rings. The molecule has 3 N–H and O–H groups in total. The third kappa shape index (κ3) is 2.82. The van der Waals surface area contributed by atoms with Crippen molar-refractivity contribution < 1.29 is 4.79 Å². The maximum atomic E-state index is 11.9. The van der Waals surface area contributed by atoms with Crippen LogP contribution in [0.25, 0.3) is 0 Å². The van der Waals surface area contributed by atoms with E-state index < -0.39 is 0 Å². The maximum absolute atomic E-state index is 11.9. The first-order valence-corrected chi connectivity index (χ1v) is 6.93. The molecular formula is C13H18N2OS. The molecule has 0 radical (unpaired) electrons. The van der Waals surface area contributed by atoms with E-state index in [4.69, 9.17) is 5.73 Å². The number of nitrogens with one attached hydrogen (secondary N) is 1. The first-order chi connectivity index (χ1) is 8.22. The molecule has 17 heavy (non-hydrogen) atoms. The molecule has 2 unspecified atom stereocenters. The lowest BCUT2D eigenvalue weighted by molar-refractivity contribution is -0.125. The van der Waals surface area contributed by atoms with Crippen molar-refractivity contribution in [3.63, 3.8) is 0 Å². The van der Waals surface area contributed by atoms with Crippen LogP contribution in [0.1, 0.15) is 24.9 Å². The second-order valence-electron chi connectivity index (χ2n) is 4.37. The molecule has 0 saturated heterocycles. The summed E-state index contributed by atoms with van der Waals surface area (Å²) in [5, 5.41) is 3.09. The molecule has 3 nitrogen and oxygen atoms in total. The Morgan fingerprint density at radius 3 is 3.12 bits per heavy atom. The molecule has 0 aromatic heterocycles. The predicted octanol–water partition coefficient (Wildman–Crippen LogP) is 1.93. The lowest BCUT2D eigenvalue weighted by Crippen LogP contribution is -2.37. The Balaban J connectivity index is 2.11. The highest BCUT2D eigenvalue weighted by Gasteiger charge is 2.23. The zero-order valence-electron chi connectivity index (χ0n) is 9.98. The SMILES string of the molecule is CC(CN)C(=O)NC1CCSc2ccccc21. The van der Waals surface area contributed by atoms with E-state index >= 15 is 0 Å². The Kier molecular flexibility index (Phi) is 4.07. The van der Waals surface area contributed by atoms with Crippen molar-refractivity contribution in [2.45, 2.75) is 24.3 Å². The first-order valence-electron chi connectivity index (χ1n) is 5.94. The third-order valence-electron chi connectivity index (χ3n) is 3.08. The lowest BCUT2D eigenvalue weighted by atomic mass is 10.0. The predicted molar refractivity (Wildman–Crippen MR) is 70.9 cm³/mol. The van der Waals surface area contributed by atoms with E-state index in [1.807, 2.05) is 30.8 Å². The van der Waals surface area contributed by atoms with Crippen molar-refractivity contribution in [2.75, 3.05) is 12.3 Å². The van der Waals surface area contributed by atoms with Gasteiger partial charge in [0.05, 0.1) is 6.04 Å². The van der Waals surface area contributed by atoms with Gasteiger partial charge >= 0.3 is 0 Å². The zero-order chi connectivity index (χ0) is 12.3. The van der Waals surface area contributed by atoms with Crippen molar-refractivity contribution in [3.05, 3.63) is 29.8 Å². The molecule has 2 rings (SSSR count). The van der Waals surface area contributed by atoms with Gasteiger partial charge in [-0.3, -0.25) is 4.79 Å². The van der Waals surface area contributed by atoms with E-state index in [1.165, 1.54) is 10.5 Å². The number of amides is 1. The topological polar surface area (TPSA) is 55.1 Å². The molecule has 1 amide bonds. The monoisotopic (exact) mass is 250 g/mol. The van der Waals surface area contributed by atoms with Gasteiger partial charge in [-0.05, 0) is 18.1 Å². The van der Waals surface area contributed by atoms with Crippen LogP contribution in [0.4, 0.5) is 0 Å². The molecule has 1 aliphatic heterocycles. The summed E-state index contributed by atoms with van der Waals surface area (Å²) in [6, 6.07) is 8.42. The minimum atomic E-state index is -0.114. The Labute approximate surface area is 106 Å². The number of carbonyl (C=O) groups excluding carboxylic acids is 1. The fraction of sp³-hybridized carbons (Fsp3) is 0.462. The van der Waals surface area contributed by atoms with Crippen LogP contribution in [0.15, 0.2) is 29.2 Å². The van der Waals surface area contributed by atoms with Crippen LogP contribution in [-0.4, -0.2) is 18.2 Å². The highest BCUT2D eigenvalue weighted by atomic mass is 32.2. The Hall–Kier alpha value is -1.00. The molecule has 2 atom stereocenters. The zero-order valence-corrected chi connectivity index (χ0v) is 10.8. The second-order valence-corrected chi connectivity index (χ2v) is 5.51. The number of hydrogen-bond donors (Lipinski definition) is 2. The fourth-order valence-electron chi connectivity index (χ4n) is 1.91. The molecule has 0 spiro atoms. The Bertz CT molecular complexity index is 408. The number of thioether (sulfide) groups is 1. The molecule has 4 heteroatoms. The second kappa shape index (κ2) is 5.56.